The maximum Gasteiger partial charge on any atom is 0.274 e. The van der Waals surface area contributed by atoms with E-state index in [0.717, 1.165) is 0 Å². The summed E-state index contributed by atoms with van der Waals surface area (Å²) in [5.41, 5.74) is 0.449. The number of hydrogen-bond acceptors (Lipinski definition) is 6. The molecule has 0 radical (unpaired) electrons. The molecule has 0 saturated heterocycles. The van der Waals surface area contributed by atoms with Crippen LogP contribution in [0, 0.1) is 0 Å². The van der Waals surface area contributed by atoms with E-state index >= 15 is 0 Å². The van der Waals surface area contributed by atoms with Crippen LogP contribution in [0.1, 0.15) is 16.3 Å². The molecule has 1 N–H and O–H groups in total. The number of nitrogens with zero attached hydrogens (tertiary/aromatic N) is 4. The number of nitrogens with one attached hydrogen (secondary N) is 1. The van der Waals surface area contributed by atoms with Gasteiger partial charge in [-0.3, -0.25) is 9.59 Å². The summed E-state index contributed by atoms with van der Waals surface area (Å²) in [6.45, 7) is 0.119. The van der Waals surface area contributed by atoms with Crippen LogP contribution < -0.4 is 5.56 Å². The number of carbonyl (C=O) groups excluding carboxylic acids is 1. The van der Waals surface area contributed by atoms with Crippen molar-refractivity contribution in [3.8, 4) is 0 Å². The Kier molecular flexibility index (Phi) is 5.00. The molecule has 0 aliphatic heterocycles. The lowest BCUT2D eigenvalue weighted by Crippen LogP contribution is -2.29. The SMILES string of the molecule is CSc1ncc(Cl)c(C(=O)N(C)Cc2nc3ccccc3c(=O)[nH]2)n1. The largest absolute Gasteiger partial charge is 0.333 e. The lowest BCUT2D eigenvalue weighted by Gasteiger charge is -2.17. The van der Waals surface area contributed by atoms with Crippen LogP contribution in [0.5, 0.6) is 0 Å². The van der Waals surface area contributed by atoms with Crippen molar-refractivity contribution in [3.63, 3.8) is 0 Å². The van der Waals surface area contributed by atoms with Crippen molar-refractivity contribution in [1.82, 2.24) is 24.8 Å². The lowest BCUT2D eigenvalue weighted by atomic mass is 10.2. The molecule has 0 atom stereocenters. The molecule has 128 valence electrons. The Morgan fingerprint density at radius 3 is 2.84 bits per heavy atom. The summed E-state index contributed by atoms with van der Waals surface area (Å²) >= 11 is 7.36. The van der Waals surface area contributed by atoms with E-state index in [-0.39, 0.29) is 28.7 Å². The van der Waals surface area contributed by atoms with Gasteiger partial charge in [-0.25, -0.2) is 15.0 Å². The van der Waals surface area contributed by atoms with Crippen molar-refractivity contribution < 1.29 is 4.79 Å². The minimum Gasteiger partial charge on any atom is -0.333 e. The zero-order valence-electron chi connectivity index (χ0n) is 13.5. The second kappa shape index (κ2) is 7.20. The number of benzene rings is 1. The smallest absolute Gasteiger partial charge is 0.274 e. The molecule has 0 fully saturated rings. The van der Waals surface area contributed by atoms with Gasteiger partial charge in [-0.2, -0.15) is 0 Å². The van der Waals surface area contributed by atoms with Crippen LogP contribution in [0.15, 0.2) is 40.4 Å². The Hall–Kier alpha value is -2.45. The molecule has 7 nitrogen and oxygen atoms in total. The number of aromatic nitrogens is 4. The number of rotatable bonds is 4. The highest BCUT2D eigenvalue weighted by Gasteiger charge is 2.19. The third kappa shape index (κ3) is 3.64. The van der Waals surface area contributed by atoms with Gasteiger partial charge in [0.05, 0.1) is 28.7 Å². The minimum absolute atomic E-state index is 0.117. The molecule has 3 rings (SSSR count). The molecule has 2 heterocycles. The molecule has 2 aromatic heterocycles. The lowest BCUT2D eigenvalue weighted by molar-refractivity contribution is 0.0775. The first kappa shape index (κ1) is 17.4. The zero-order valence-corrected chi connectivity index (χ0v) is 15.1. The van der Waals surface area contributed by atoms with Gasteiger partial charge in [0.2, 0.25) is 0 Å². The average Bonchev–Trinajstić information content (AvgIpc) is 2.61. The van der Waals surface area contributed by atoms with Crippen LogP contribution in [-0.2, 0) is 6.54 Å². The van der Waals surface area contributed by atoms with Crippen LogP contribution in [0.4, 0.5) is 0 Å². The van der Waals surface area contributed by atoms with E-state index in [2.05, 4.69) is 19.9 Å². The van der Waals surface area contributed by atoms with Crippen molar-refractivity contribution in [1.29, 1.82) is 0 Å². The molecule has 0 bridgehead atoms. The third-order valence-corrected chi connectivity index (χ3v) is 4.34. The number of halogens is 1. The van der Waals surface area contributed by atoms with Gasteiger partial charge >= 0.3 is 0 Å². The van der Waals surface area contributed by atoms with E-state index in [9.17, 15) is 9.59 Å². The molecule has 3 aromatic rings. The summed E-state index contributed by atoms with van der Waals surface area (Å²) in [6.07, 6.45) is 3.21. The normalized spacial score (nSPS) is 10.8. The van der Waals surface area contributed by atoms with Gasteiger partial charge in [-0.05, 0) is 18.4 Å². The molecule has 1 amide bonds. The van der Waals surface area contributed by atoms with E-state index in [4.69, 9.17) is 11.6 Å². The van der Waals surface area contributed by atoms with Crippen LogP contribution in [-0.4, -0.2) is 44.0 Å². The predicted octanol–water partition coefficient (Wildman–Crippen LogP) is 2.36. The number of amides is 1. The predicted molar refractivity (Wildman–Crippen MR) is 97.0 cm³/mol. The van der Waals surface area contributed by atoms with Gasteiger partial charge in [0.25, 0.3) is 11.5 Å². The highest BCUT2D eigenvalue weighted by Crippen LogP contribution is 2.18. The Morgan fingerprint density at radius 1 is 1.32 bits per heavy atom. The summed E-state index contributed by atoms with van der Waals surface area (Å²) in [5, 5.41) is 1.14. The van der Waals surface area contributed by atoms with Crippen molar-refractivity contribution >= 4 is 40.2 Å². The topological polar surface area (TPSA) is 91.8 Å². The molecule has 0 spiro atoms. The van der Waals surface area contributed by atoms with Gasteiger partial charge < -0.3 is 9.88 Å². The molecular formula is C16H14ClN5O2S. The summed E-state index contributed by atoms with van der Waals surface area (Å²) in [7, 11) is 1.59. The first-order valence-corrected chi connectivity index (χ1v) is 8.90. The first-order valence-electron chi connectivity index (χ1n) is 7.29. The minimum atomic E-state index is -0.376. The maximum atomic E-state index is 12.6. The molecule has 9 heteroatoms. The van der Waals surface area contributed by atoms with Crippen LogP contribution in [0.25, 0.3) is 10.9 Å². The standard InChI is InChI=1S/C16H14ClN5O2S/c1-22(15(24)13-10(17)7-18-16(21-13)25-2)8-12-19-11-6-4-3-5-9(11)14(23)20-12/h3-7H,8H2,1-2H3,(H,19,20,23). The number of hydrogen-bond donors (Lipinski definition) is 1. The summed E-state index contributed by atoms with van der Waals surface area (Å²) in [5.74, 6) is 0.00771. The highest BCUT2D eigenvalue weighted by atomic mass is 35.5. The van der Waals surface area contributed by atoms with Crippen LogP contribution >= 0.6 is 23.4 Å². The monoisotopic (exact) mass is 375 g/mol. The van der Waals surface area contributed by atoms with Crippen molar-refractivity contribution in [2.45, 2.75) is 11.7 Å². The van der Waals surface area contributed by atoms with E-state index < -0.39 is 0 Å². The average molecular weight is 376 g/mol. The number of H-pyrrole nitrogens is 1. The van der Waals surface area contributed by atoms with Gasteiger partial charge in [0, 0.05) is 7.05 Å². The molecule has 1 aromatic carbocycles. The van der Waals surface area contributed by atoms with Crippen molar-refractivity contribution in [2.75, 3.05) is 13.3 Å². The van der Waals surface area contributed by atoms with Crippen molar-refractivity contribution in [3.05, 3.63) is 57.4 Å². The van der Waals surface area contributed by atoms with Gasteiger partial charge in [0.15, 0.2) is 10.9 Å². The van der Waals surface area contributed by atoms with Crippen LogP contribution in [0.3, 0.4) is 0 Å². The van der Waals surface area contributed by atoms with Crippen molar-refractivity contribution in [2.24, 2.45) is 0 Å². The Balaban J connectivity index is 1.88. The summed E-state index contributed by atoms with van der Waals surface area (Å²) in [4.78, 5) is 41.4. The van der Waals surface area contributed by atoms with E-state index in [0.29, 0.717) is 21.9 Å². The second-order valence-corrected chi connectivity index (χ2v) is 6.42. The first-order chi connectivity index (χ1) is 12.0. The number of aromatic amines is 1. The second-order valence-electron chi connectivity index (χ2n) is 5.24. The van der Waals surface area contributed by atoms with Gasteiger partial charge in [-0.15, -0.1) is 0 Å². The summed E-state index contributed by atoms with van der Waals surface area (Å²) < 4.78 is 0. The molecule has 0 aliphatic rings. The maximum absolute atomic E-state index is 12.6. The molecule has 0 aliphatic carbocycles. The van der Waals surface area contributed by atoms with E-state index in [1.807, 2.05) is 6.26 Å². The van der Waals surface area contributed by atoms with Gasteiger partial charge in [-0.1, -0.05) is 35.5 Å². The molecule has 0 unspecified atom stereocenters. The quantitative estimate of drug-likeness (QED) is 0.556. The third-order valence-electron chi connectivity index (χ3n) is 3.50. The Bertz CT molecular complexity index is 1010. The molecular weight excluding hydrogens is 362 g/mol. The Labute approximate surface area is 152 Å². The van der Waals surface area contributed by atoms with E-state index in [1.54, 1.807) is 31.3 Å². The fourth-order valence-corrected chi connectivity index (χ4v) is 2.80. The number of thioether (sulfide) groups is 1. The fraction of sp³-hybridized carbons (Fsp3) is 0.188. The highest BCUT2D eigenvalue weighted by molar-refractivity contribution is 7.98. The molecule has 25 heavy (non-hydrogen) atoms. The van der Waals surface area contributed by atoms with E-state index in [1.165, 1.54) is 22.9 Å². The number of para-hydroxylation sites is 1. The van der Waals surface area contributed by atoms with Gasteiger partial charge in [0.1, 0.15) is 5.82 Å². The zero-order chi connectivity index (χ0) is 18.0. The number of carbonyl (C=O) groups is 1. The fourth-order valence-electron chi connectivity index (χ4n) is 2.29. The van der Waals surface area contributed by atoms with Crippen LogP contribution in [0.2, 0.25) is 5.02 Å². The summed E-state index contributed by atoms with van der Waals surface area (Å²) in [6, 6.07) is 7.03. The Morgan fingerprint density at radius 2 is 2.08 bits per heavy atom. The molecule has 0 saturated carbocycles. The number of fused-ring (bicyclic) bond motifs is 1.